The second kappa shape index (κ2) is 4.10. The van der Waals surface area contributed by atoms with Crippen LogP contribution in [0.3, 0.4) is 0 Å². The molecule has 0 radical (unpaired) electrons. The van der Waals surface area contributed by atoms with Gasteiger partial charge in [0.1, 0.15) is 12.7 Å². The maximum atomic E-state index is 12.0. The second-order valence-corrected chi connectivity index (χ2v) is 2.62. The number of hydrogen-bond acceptors (Lipinski definition) is 4. The van der Waals surface area contributed by atoms with Crippen molar-refractivity contribution in [3.05, 3.63) is 12.7 Å². The Morgan fingerprint density at radius 3 is 1.75 bits per heavy atom. The number of nitrogens with zero attached hydrogens (tertiary/aromatic N) is 3. The zero-order valence-corrected chi connectivity index (χ0v) is 7.34. The zero-order chi connectivity index (χ0) is 12.4. The summed E-state index contributed by atoms with van der Waals surface area (Å²) >= 11 is 0. The molecule has 0 atom stereocenters. The van der Waals surface area contributed by atoms with E-state index in [2.05, 4.69) is 15.0 Å². The summed E-state index contributed by atoms with van der Waals surface area (Å²) < 4.78 is 72.3. The minimum atomic E-state index is -5.48. The molecule has 1 rings (SSSR count). The first-order valence-corrected chi connectivity index (χ1v) is 3.73. The third-order valence-corrected chi connectivity index (χ3v) is 1.42. The van der Waals surface area contributed by atoms with E-state index in [4.69, 9.17) is 0 Å². The van der Waals surface area contributed by atoms with E-state index >= 15 is 0 Å². The number of rotatable bonds is 2. The van der Waals surface area contributed by atoms with Crippen molar-refractivity contribution in [1.82, 2.24) is 15.0 Å². The van der Waals surface area contributed by atoms with E-state index in [0.29, 0.717) is 0 Å². The molecule has 0 fully saturated rings. The number of halogens is 6. The molecule has 0 aliphatic rings. The van der Waals surface area contributed by atoms with E-state index in [1.807, 2.05) is 0 Å². The fourth-order valence-corrected chi connectivity index (χ4v) is 0.792. The number of anilines is 1. The molecule has 16 heavy (non-hydrogen) atoms. The van der Waals surface area contributed by atoms with Crippen molar-refractivity contribution in [1.29, 1.82) is 0 Å². The van der Waals surface area contributed by atoms with E-state index in [1.165, 1.54) is 0 Å². The number of nitrogens with one attached hydrogen (secondary N) is 1. The van der Waals surface area contributed by atoms with Crippen LogP contribution in [0.1, 0.15) is 0 Å². The molecule has 0 unspecified atom stereocenters. The Hall–Kier alpha value is -1.61. The van der Waals surface area contributed by atoms with Crippen molar-refractivity contribution < 1.29 is 26.3 Å². The third-order valence-electron chi connectivity index (χ3n) is 1.42. The third kappa shape index (κ3) is 3.21. The zero-order valence-electron chi connectivity index (χ0n) is 7.34. The van der Waals surface area contributed by atoms with Gasteiger partial charge in [0.2, 0.25) is 12.0 Å². The van der Waals surface area contributed by atoms with E-state index in [9.17, 15) is 26.3 Å². The second-order valence-electron chi connectivity index (χ2n) is 2.62. The van der Waals surface area contributed by atoms with Gasteiger partial charge in [-0.15, -0.1) is 0 Å². The lowest BCUT2D eigenvalue weighted by molar-refractivity contribution is -0.242. The Morgan fingerprint density at radius 1 is 0.938 bits per heavy atom. The molecule has 10 heteroatoms. The quantitative estimate of drug-likeness (QED) is 0.808. The topological polar surface area (TPSA) is 50.7 Å². The summed E-state index contributed by atoms with van der Waals surface area (Å²) in [5.41, 5.74) is 0. The summed E-state index contributed by atoms with van der Waals surface area (Å²) in [6.45, 7) is 0. The highest BCUT2D eigenvalue weighted by Gasteiger charge is 2.57. The molecular weight excluding hydrogens is 242 g/mol. The maximum Gasteiger partial charge on any atom is 0.417 e. The molecule has 1 aromatic heterocycles. The Balaban J connectivity index is 2.89. The van der Waals surface area contributed by atoms with Gasteiger partial charge in [0, 0.05) is 0 Å². The van der Waals surface area contributed by atoms with E-state index in [-0.39, 0.29) is 0 Å². The minimum absolute atomic E-state index is 0.777. The predicted octanol–water partition coefficient (Wildman–Crippen LogP) is 1.78. The van der Waals surface area contributed by atoms with Crippen LogP contribution < -0.4 is 5.32 Å². The number of alkyl halides is 6. The standard InChI is InChI=1S/C6H4F6N4/c7-5(8,9)3(6(10,11)12)16-4-14-1-13-2-15-4/h1-3H,(H,13,14,15,16). The molecule has 0 aliphatic carbocycles. The molecule has 0 spiro atoms. The van der Waals surface area contributed by atoms with Gasteiger partial charge in [-0.1, -0.05) is 0 Å². The average molecular weight is 246 g/mol. The first-order chi connectivity index (χ1) is 7.21. The fraction of sp³-hybridized carbons (Fsp3) is 0.500. The maximum absolute atomic E-state index is 12.0. The van der Waals surface area contributed by atoms with Gasteiger partial charge in [0.05, 0.1) is 0 Å². The minimum Gasteiger partial charge on any atom is -0.335 e. The largest absolute Gasteiger partial charge is 0.417 e. The van der Waals surface area contributed by atoms with Gasteiger partial charge in [-0.25, -0.2) is 15.0 Å². The van der Waals surface area contributed by atoms with E-state index in [0.717, 1.165) is 18.0 Å². The predicted molar refractivity (Wildman–Crippen MR) is 39.3 cm³/mol. The molecule has 0 aromatic carbocycles. The van der Waals surface area contributed by atoms with Gasteiger partial charge in [-0.05, 0) is 0 Å². The van der Waals surface area contributed by atoms with Crippen LogP contribution in [0.15, 0.2) is 12.7 Å². The van der Waals surface area contributed by atoms with Crippen molar-refractivity contribution in [2.75, 3.05) is 5.32 Å². The summed E-state index contributed by atoms with van der Waals surface area (Å²) in [4.78, 5) is 9.48. The van der Waals surface area contributed by atoms with E-state index in [1.54, 1.807) is 0 Å². The summed E-state index contributed by atoms with van der Waals surface area (Å²) in [5, 5.41) is 1.15. The van der Waals surface area contributed by atoms with Gasteiger partial charge in [0.25, 0.3) is 0 Å². The van der Waals surface area contributed by atoms with Crippen LogP contribution in [-0.2, 0) is 0 Å². The van der Waals surface area contributed by atoms with Gasteiger partial charge < -0.3 is 5.32 Å². The highest BCUT2D eigenvalue weighted by Crippen LogP contribution is 2.34. The highest BCUT2D eigenvalue weighted by atomic mass is 19.4. The molecule has 4 nitrogen and oxygen atoms in total. The first kappa shape index (κ1) is 12.5. The molecule has 0 amide bonds. The molecule has 0 saturated heterocycles. The van der Waals surface area contributed by atoms with Crippen molar-refractivity contribution in [2.24, 2.45) is 0 Å². The van der Waals surface area contributed by atoms with Gasteiger partial charge in [-0.3, -0.25) is 0 Å². The van der Waals surface area contributed by atoms with Crippen LogP contribution in [0.5, 0.6) is 0 Å². The van der Waals surface area contributed by atoms with Crippen LogP contribution in [0.2, 0.25) is 0 Å². The van der Waals surface area contributed by atoms with Gasteiger partial charge in [-0.2, -0.15) is 26.3 Å². The lowest BCUT2D eigenvalue weighted by Gasteiger charge is -2.23. The Bertz CT molecular complexity index is 319. The van der Waals surface area contributed by atoms with Crippen molar-refractivity contribution in [3.8, 4) is 0 Å². The number of aromatic nitrogens is 3. The molecular formula is C6H4F6N4. The summed E-state index contributed by atoms with van der Waals surface area (Å²) in [6.07, 6.45) is -9.41. The first-order valence-electron chi connectivity index (χ1n) is 3.73. The highest BCUT2D eigenvalue weighted by molar-refractivity contribution is 5.25. The Morgan fingerprint density at radius 2 is 1.38 bits per heavy atom. The Labute approximate surface area is 84.7 Å². The van der Waals surface area contributed by atoms with Gasteiger partial charge in [0.15, 0.2) is 0 Å². The molecule has 0 saturated carbocycles. The summed E-state index contributed by atoms with van der Waals surface area (Å²) in [6, 6.07) is -3.71. The average Bonchev–Trinajstić information content (AvgIpc) is 2.12. The normalized spacial score (nSPS) is 12.9. The van der Waals surface area contributed by atoms with Crippen LogP contribution in [0, 0.1) is 0 Å². The van der Waals surface area contributed by atoms with Crippen molar-refractivity contribution >= 4 is 5.95 Å². The Kier molecular flexibility index (Phi) is 3.19. The van der Waals surface area contributed by atoms with Crippen molar-refractivity contribution in [2.45, 2.75) is 18.4 Å². The lowest BCUT2D eigenvalue weighted by Crippen LogP contribution is -2.48. The smallest absolute Gasteiger partial charge is 0.335 e. The molecule has 1 N–H and O–H groups in total. The van der Waals surface area contributed by atoms with Crippen LogP contribution >= 0.6 is 0 Å². The van der Waals surface area contributed by atoms with Crippen molar-refractivity contribution in [3.63, 3.8) is 0 Å². The van der Waals surface area contributed by atoms with Crippen LogP contribution in [0.25, 0.3) is 0 Å². The molecule has 1 aromatic rings. The summed E-state index contributed by atoms with van der Waals surface area (Å²) in [5.74, 6) is -0.797. The number of hydrogen-bond donors (Lipinski definition) is 1. The SMILES string of the molecule is FC(F)(F)C(Nc1ncncn1)C(F)(F)F. The molecule has 1 heterocycles. The summed E-state index contributed by atoms with van der Waals surface area (Å²) in [7, 11) is 0. The van der Waals surface area contributed by atoms with Gasteiger partial charge >= 0.3 is 12.4 Å². The van der Waals surface area contributed by atoms with Crippen LogP contribution in [0.4, 0.5) is 32.3 Å². The molecule has 90 valence electrons. The fourth-order valence-electron chi connectivity index (χ4n) is 0.792. The van der Waals surface area contributed by atoms with E-state index < -0.39 is 24.3 Å². The lowest BCUT2D eigenvalue weighted by atomic mass is 10.3. The van der Waals surface area contributed by atoms with Crippen LogP contribution in [-0.4, -0.2) is 33.3 Å². The molecule has 0 bridgehead atoms. The monoisotopic (exact) mass is 246 g/mol. The molecule has 0 aliphatic heterocycles.